The zero-order valence-corrected chi connectivity index (χ0v) is 27.4. The molecule has 11 heteroatoms. The van der Waals surface area contributed by atoms with Crippen molar-refractivity contribution in [2.45, 2.75) is 85.2 Å². The highest BCUT2D eigenvalue weighted by Crippen LogP contribution is 2.46. The number of aliphatic hydroxyl groups excluding tert-OH is 1. The van der Waals surface area contributed by atoms with Crippen LogP contribution >= 0.6 is 0 Å². The van der Waals surface area contributed by atoms with Gasteiger partial charge in [0.15, 0.2) is 0 Å². The molecule has 0 saturated heterocycles. The fourth-order valence-electron chi connectivity index (χ4n) is 5.67. The molecule has 5 N–H and O–H groups in total. The summed E-state index contributed by atoms with van der Waals surface area (Å²) in [5.74, 6) is -1.16. The summed E-state index contributed by atoms with van der Waals surface area (Å²) in [4.78, 5) is 50.9. The normalized spacial score (nSPS) is 19.3. The van der Waals surface area contributed by atoms with Crippen LogP contribution in [0.25, 0.3) is 0 Å². The van der Waals surface area contributed by atoms with Crippen molar-refractivity contribution in [3.05, 3.63) is 71.8 Å². The van der Waals surface area contributed by atoms with Crippen molar-refractivity contribution in [2.24, 2.45) is 16.7 Å². The van der Waals surface area contributed by atoms with E-state index >= 15 is 0 Å². The van der Waals surface area contributed by atoms with Gasteiger partial charge in [0.25, 0.3) is 5.91 Å². The van der Waals surface area contributed by atoms with E-state index in [-0.39, 0.29) is 36.9 Å². The van der Waals surface area contributed by atoms with Crippen LogP contribution in [0.4, 0.5) is 4.79 Å². The smallest absolute Gasteiger partial charge is 0.407 e. The SMILES string of the molecule is COC(=O)NC(C(=O)NN(Cc1ccccc1)CC(O)C(Cc1ccccc1)NC(=O)C1CC(NC(C)=O)C1(C)C)C(C)(C)C. The average Bonchev–Trinajstić information content (AvgIpc) is 2.97. The fraction of sp³-hybridized carbons (Fsp3) is 0.529. The molecule has 0 radical (unpaired) electrons. The summed E-state index contributed by atoms with van der Waals surface area (Å²) < 4.78 is 4.75. The van der Waals surface area contributed by atoms with Gasteiger partial charge in [-0.2, -0.15) is 0 Å². The Morgan fingerprint density at radius 2 is 1.56 bits per heavy atom. The van der Waals surface area contributed by atoms with Crippen molar-refractivity contribution >= 4 is 23.8 Å². The number of aliphatic hydroxyl groups is 1. The first-order valence-corrected chi connectivity index (χ1v) is 15.3. The molecule has 0 bridgehead atoms. The molecule has 3 rings (SSSR count). The number of nitrogens with zero attached hydrogens (tertiary/aromatic N) is 1. The Kier molecular flexibility index (Phi) is 12.1. The summed E-state index contributed by atoms with van der Waals surface area (Å²) >= 11 is 0. The molecule has 0 aliphatic heterocycles. The second-order valence-corrected chi connectivity index (χ2v) is 13.5. The lowest BCUT2D eigenvalue weighted by molar-refractivity contribution is -0.142. The van der Waals surface area contributed by atoms with Crippen LogP contribution in [0.1, 0.15) is 59.1 Å². The van der Waals surface area contributed by atoms with Gasteiger partial charge in [0.2, 0.25) is 11.8 Å². The number of benzene rings is 2. The van der Waals surface area contributed by atoms with Gasteiger partial charge in [0.05, 0.1) is 19.3 Å². The fourth-order valence-corrected chi connectivity index (χ4v) is 5.67. The number of carbonyl (C=O) groups excluding carboxylic acids is 4. The molecule has 246 valence electrons. The van der Waals surface area contributed by atoms with Crippen LogP contribution < -0.4 is 21.4 Å². The van der Waals surface area contributed by atoms with Crippen molar-refractivity contribution in [1.29, 1.82) is 0 Å². The van der Waals surface area contributed by atoms with Crippen LogP contribution in [0.3, 0.4) is 0 Å². The Hall–Kier alpha value is -3.96. The molecule has 5 unspecified atom stereocenters. The van der Waals surface area contributed by atoms with E-state index in [1.807, 2.05) is 95.3 Å². The summed E-state index contributed by atoms with van der Waals surface area (Å²) in [6, 6.07) is 17.3. The predicted octanol–water partition coefficient (Wildman–Crippen LogP) is 2.93. The molecule has 1 saturated carbocycles. The van der Waals surface area contributed by atoms with E-state index < -0.39 is 41.0 Å². The number of methoxy groups -OCH3 is 1. The Labute approximate surface area is 266 Å². The van der Waals surface area contributed by atoms with Crippen LogP contribution in [-0.4, -0.2) is 71.8 Å². The van der Waals surface area contributed by atoms with Gasteiger partial charge in [-0.1, -0.05) is 95.3 Å². The molecule has 0 aromatic heterocycles. The van der Waals surface area contributed by atoms with Gasteiger partial charge in [0.1, 0.15) is 6.04 Å². The number of amides is 4. The number of hydrogen-bond donors (Lipinski definition) is 5. The Balaban J connectivity index is 1.84. The van der Waals surface area contributed by atoms with Gasteiger partial charge in [-0.15, -0.1) is 0 Å². The van der Waals surface area contributed by atoms with Crippen LogP contribution in [0.15, 0.2) is 60.7 Å². The number of hydrogen-bond acceptors (Lipinski definition) is 7. The Morgan fingerprint density at radius 1 is 0.978 bits per heavy atom. The molecule has 1 aliphatic rings. The largest absolute Gasteiger partial charge is 0.453 e. The van der Waals surface area contributed by atoms with E-state index in [9.17, 15) is 24.3 Å². The molecule has 1 aliphatic carbocycles. The molecule has 11 nitrogen and oxygen atoms in total. The number of alkyl carbamates (subject to hydrolysis) is 1. The molecule has 45 heavy (non-hydrogen) atoms. The van der Waals surface area contributed by atoms with Crippen LogP contribution in [0.5, 0.6) is 0 Å². The molecular weight excluding hydrogens is 574 g/mol. The lowest BCUT2D eigenvalue weighted by atomic mass is 9.58. The molecule has 1 fully saturated rings. The summed E-state index contributed by atoms with van der Waals surface area (Å²) in [5, 5.41) is 21.9. The van der Waals surface area contributed by atoms with Gasteiger partial charge in [-0.25, -0.2) is 9.80 Å². The molecule has 2 aromatic carbocycles. The lowest BCUT2D eigenvalue weighted by Gasteiger charge is -2.51. The number of hydrazine groups is 1. The predicted molar refractivity (Wildman–Crippen MR) is 171 cm³/mol. The summed E-state index contributed by atoms with van der Waals surface area (Å²) in [6.07, 6.45) is -0.957. The van der Waals surface area contributed by atoms with E-state index in [2.05, 4.69) is 21.4 Å². The van der Waals surface area contributed by atoms with Gasteiger partial charge in [-0.3, -0.25) is 19.8 Å². The first-order valence-electron chi connectivity index (χ1n) is 15.3. The first-order chi connectivity index (χ1) is 21.1. The highest BCUT2D eigenvalue weighted by atomic mass is 16.5. The summed E-state index contributed by atoms with van der Waals surface area (Å²) in [7, 11) is 1.23. The van der Waals surface area contributed by atoms with Crippen LogP contribution in [-0.2, 0) is 32.1 Å². The minimum atomic E-state index is -1.09. The van der Waals surface area contributed by atoms with Crippen molar-refractivity contribution in [3.63, 3.8) is 0 Å². The van der Waals surface area contributed by atoms with Crippen molar-refractivity contribution < 1.29 is 29.0 Å². The number of carbonyl (C=O) groups is 4. The summed E-state index contributed by atoms with van der Waals surface area (Å²) in [6.45, 7) is 11.1. The minimum absolute atomic E-state index is 0.0178. The molecule has 4 amide bonds. The second-order valence-electron chi connectivity index (χ2n) is 13.5. The molecule has 2 aromatic rings. The van der Waals surface area contributed by atoms with Gasteiger partial charge in [-0.05, 0) is 34.8 Å². The highest BCUT2D eigenvalue weighted by molar-refractivity contribution is 5.86. The lowest BCUT2D eigenvalue weighted by Crippen LogP contribution is -2.64. The first kappa shape index (κ1) is 35.5. The molecule has 0 spiro atoms. The summed E-state index contributed by atoms with van der Waals surface area (Å²) in [5.41, 5.74) is 3.61. The molecule has 0 heterocycles. The van der Waals surface area contributed by atoms with Crippen LogP contribution in [0, 0.1) is 16.7 Å². The monoisotopic (exact) mass is 623 g/mol. The van der Waals surface area contributed by atoms with Crippen molar-refractivity contribution in [3.8, 4) is 0 Å². The molecular formula is C34H49N5O6. The van der Waals surface area contributed by atoms with E-state index in [4.69, 9.17) is 4.74 Å². The third kappa shape index (κ3) is 10.0. The number of ether oxygens (including phenoxy) is 1. The second kappa shape index (κ2) is 15.4. The maximum Gasteiger partial charge on any atom is 0.407 e. The highest BCUT2D eigenvalue weighted by Gasteiger charge is 2.52. The van der Waals surface area contributed by atoms with Gasteiger partial charge >= 0.3 is 6.09 Å². The Morgan fingerprint density at radius 3 is 2.07 bits per heavy atom. The van der Waals surface area contributed by atoms with E-state index in [0.717, 1.165) is 11.1 Å². The van der Waals surface area contributed by atoms with E-state index in [0.29, 0.717) is 12.8 Å². The quantitative estimate of drug-likeness (QED) is 0.216. The average molecular weight is 624 g/mol. The third-order valence-electron chi connectivity index (χ3n) is 8.52. The van der Waals surface area contributed by atoms with E-state index in [1.54, 1.807) is 5.01 Å². The number of rotatable bonds is 13. The van der Waals surface area contributed by atoms with Crippen molar-refractivity contribution in [2.75, 3.05) is 13.7 Å². The minimum Gasteiger partial charge on any atom is -0.453 e. The van der Waals surface area contributed by atoms with Crippen molar-refractivity contribution in [1.82, 2.24) is 26.4 Å². The zero-order chi connectivity index (χ0) is 33.4. The topological polar surface area (TPSA) is 149 Å². The van der Waals surface area contributed by atoms with Gasteiger partial charge in [0, 0.05) is 32.0 Å². The standard InChI is InChI=1S/C34H49N5O6/c1-22(40)35-28-19-25(34(28,5)6)30(42)36-26(18-23-14-10-8-11-15-23)27(41)21-39(20-24-16-12-9-13-17-24)38-31(43)29(33(2,3)4)37-32(44)45-7/h8-17,25-29,41H,18-21H2,1-7H3,(H,35,40)(H,36,42)(H,37,44)(H,38,43). The maximum atomic E-state index is 13.6. The number of nitrogens with one attached hydrogen (secondary N) is 4. The molecule has 5 atom stereocenters. The third-order valence-corrected chi connectivity index (χ3v) is 8.52. The Bertz CT molecular complexity index is 1300. The van der Waals surface area contributed by atoms with Crippen LogP contribution in [0.2, 0.25) is 0 Å². The zero-order valence-electron chi connectivity index (χ0n) is 27.4. The maximum absolute atomic E-state index is 13.6. The van der Waals surface area contributed by atoms with E-state index in [1.165, 1.54) is 14.0 Å². The van der Waals surface area contributed by atoms with Gasteiger partial charge < -0.3 is 25.8 Å².